The Bertz CT molecular complexity index is 1120. The molecule has 0 aromatic heterocycles. The van der Waals surface area contributed by atoms with Crippen molar-refractivity contribution >= 4 is 29.4 Å². The number of rotatable bonds is 7. The molecule has 1 saturated heterocycles. The van der Waals surface area contributed by atoms with Gasteiger partial charge in [0.05, 0.1) is 30.8 Å². The van der Waals surface area contributed by atoms with E-state index in [2.05, 4.69) is 10.6 Å². The molecule has 0 spiro atoms. The van der Waals surface area contributed by atoms with Crippen molar-refractivity contribution in [2.24, 2.45) is 11.7 Å². The molecule has 4 atom stereocenters. The predicted octanol–water partition coefficient (Wildman–Crippen LogP) is 1.26. The van der Waals surface area contributed by atoms with Crippen LogP contribution in [-0.2, 0) is 35.1 Å². The number of Topliss-reactive ketones (excluding diaryl/α,β-unsaturated/α-hetero) is 1. The zero-order chi connectivity index (χ0) is 29.6. The lowest BCUT2D eigenvalue weighted by molar-refractivity contribution is -0.144. The van der Waals surface area contributed by atoms with Gasteiger partial charge < -0.3 is 30.7 Å². The molecule has 40 heavy (non-hydrogen) atoms. The van der Waals surface area contributed by atoms with Gasteiger partial charge in [-0.25, -0.2) is 0 Å². The minimum absolute atomic E-state index is 0.0583. The summed E-state index contributed by atoms with van der Waals surface area (Å²) in [5.41, 5.74) is 5.31. The summed E-state index contributed by atoms with van der Waals surface area (Å²) in [6.45, 7) is 9.80. The van der Waals surface area contributed by atoms with Gasteiger partial charge in [0, 0.05) is 19.4 Å². The van der Waals surface area contributed by atoms with Gasteiger partial charge in [-0.2, -0.15) is 0 Å². The van der Waals surface area contributed by atoms with Crippen LogP contribution in [0.5, 0.6) is 5.75 Å². The Morgan fingerprint density at radius 3 is 2.60 bits per heavy atom. The summed E-state index contributed by atoms with van der Waals surface area (Å²) in [5.74, 6) is -2.97. The van der Waals surface area contributed by atoms with E-state index in [-0.39, 0.29) is 37.6 Å². The fourth-order valence-electron chi connectivity index (χ4n) is 5.14. The number of benzene rings is 1. The van der Waals surface area contributed by atoms with Crippen LogP contribution in [0.25, 0.3) is 0 Å². The average molecular weight is 559 g/mol. The van der Waals surface area contributed by atoms with Crippen molar-refractivity contribution in [3.8, 4) is 5.75 Å². The van der Waals surface area contributed by atoms with Crippen molar-refractivity contribution in [3.05, 3.63) is 29.8 Å². The van der Waals surface area contributed by atoms with E-state index in [0.29, 0.717) is 25.2 Å². The quantitative estimate of drug-likeness (QED) is 0.425. The number of hydrogen-bond donors (Lipinski definition) is 3. The van der Waals surface area contributed by atoms with Gasteiger partial charge in [-0.3, -0.25) is 24.0 Å². The first-order valence-electron chi connectivity index (χ1n) is 13.9. The molecule has 2 heterocycles. The number of ketones is 1. The molecule has 1 aromatic rings. The SMILES string of the molecule is CCCC(NC(=O)C1C[C@@H]2CN1C(=O)[C@H](C(C)C)NC(=O)Cc1cccc(c1)OCCC(C)(C)O2)C(=O)C(N)=O. The summed E-state index contributed by atoms with van der Waals surface area (Å²) in [4.78, 5) is 65.7. The van der Waals surface area contributed by atoms with Gasteiger partial charge >= 0.3 is 0 Å². The van der Waals surface area contributed by atoms with Crippen molar-refractivity contribution in [3.63, 3.8) is 0 Å². The van der Waals surface area contributed by atoms with Gasteiger partial charge in [-0.15, -0.1) is 0 Å². The second-order valence-corrected chi connectivity index (χ2v) is 11.5. The molecule has 0 radical (unpaired) electrons. The third-order valence-electron chi connectivity index (χ3n) is 7.27. The highest BCUT2D eigenvalue weighted by Crippen LogP contribution is 2.29. The second kappa shape index (κ2) is 13.3. The molecule has 0 aliphatic carbocycles. The van der Waals surface area contributed by atoms with Gasteiger partial charge in [0.1, 0.15) is 17.8 Å². The molecule has 4 bridgehead atoms. The highest BCUT2D eigenvalue weighted by molar-refractivity contribution is 6.37. The first kappa shape index (κ1) is 31.1. The van der Waals surface area contributed by atoms with Gasteiger partial charge in [0.25, 0.3) is 5.91 Å². The molecule has 4 N–H and O–H groups in total. The first-order chi connectivity index (χ1) is 18.8. The smallest absolute Gasteiger partial charge is 0.287 e. The number of carbonyl (C=O) groups is 5. The minimum Gasteiger partial charge on any atom is -0.493 e. The Morgan fingerprint density at radius 1 is 1.23 bits per heavy atom. The number of amides is 4. The second-order valence-electron chi connectivity index (χ2n) is 11.5. The molecule has 3 rings (SSSR count). The van der Waals surface area contributed by atoms with Crippen molar-refractivity contribution in [1.29, 1.82) is 0 Å². The Morgan fingerprint density at radius 2 is 1.95 bits per heavy atom. The topological polar surface area (TPSA) is 157 Å². The zero-order valence-corrected chi connectivity index (χ0v) is 24.0. The standard InChI is InChI=1S/C29H42N4O7/c1-6-8-21(25(35)26(30)36)31-27(37)22-15-20-16-33(22)28(38)24(17(2)3)32-23(34)14-18-9-7-10-19(13-18)39-12-11-29(4,5)40-20/h7,9-10,13,17,20-22,24H,6,8,11-12,14-16H2,1-5H3,(H2,30,36)(H,31,37)(H,32,34)/t20-,21?,22?,24+/m1/s1. The van der Waals surface area contributed by atoms with E-state index < -0.39 is 53.3 Å². The van der Waals surface area contributed by atoms with Crippen molar-refractivity contribution in [2.75, 3.05) is 13.2 Å². The zero-order valence-electron chi connectivity index (χ0n) is 24.0. The number of ether oxygens (including phenoxy) is 2. The molecule has 2 aliphatic rings. The van der Waals surface area contributed by atoms with E-state index in [9.17, 15) is 24.0 Å². The number of nitrogens with two attached hydrogens (primary N) is 1. The Kier molecular flexibility index (Phi) is 10.3. The van der Waals surface area contributed by atoms with Gasteiger partial charge in [-0.1, -0.05) is 39.3 Å². The van der Waals surface area contributed by atoms with Crippen LogP contribution in [0.3, 0.4) is 0 Å². The molecular formula is C29H42N4O7. The van der Waals surface area contributed by atoms with Gasteiger partial charge in [-0.05, 0) is 43.9 Å². The van der Waals surface area contributed by atoms with E-state index in [0.717, 1.165) is 5.56 Å². The average Bonchev–Trinajstić information content (AvgIpc) is 3.28. The fourth-order valence-corrected chi connectivity index (χ4v) is 5.14. The number of hydrogen-bond acceptors (Lipinski definition) is 7. The number of fused-ring (bicyclic) bond motifs is 4. The Labute approximate surface area is 235 Å². The van der Waals surface area contributed by atoms with Crippen molar-refractivity contribution in [2.45, 2.75) is 96.6 Å². The van der Waals surface area contributed by atoms with Crippen LogP contribution in [0.15, 0.2) is 24.3 Å². The third kappa shape index (κ3) is 8.03. The third-order valence-corrected chi connectivity index (χ3v) is 7.27. The summed E-state index contributed by atoms with van der Waals surface area (Å²) in [6.07, 6.45) is 1.06. The molecule has 220 valence electrons. The summed E-state index contributed by atoms with van der Waals surface area (Å²) in [6, 6.07) is 4.33. The maximum atomic E-state index is 13.9. The summed E-state index contributed by atoms with van der Waals surface area (Å²) < 4.78 is 12.3. The fraction of sp³-hybridized carbons (Fsp3) is 0.621. The molecule has 1 aromatic carbocycles. The highest BCUT2D eigenvalue weighted by Gasteiger charge is 2.45. The van der Waals surface area contributed by atoms with Crippen LogP contribution in [-0.4, -0.2) is 77.3 Å². The van der Waals surface area contributed by atoms with E-state index >= 15 is 0 Å². The van der Waals surface area contributed by atoms with E-state index in [1.54, 1.807) is 6.07 Å². The summed E-state index contributed by atoms with van der Waals surface area (Å²) in [5, 5.41) is 5.49. The minimum atomic E-state index is -1.13. The summed E-state index contributed by atoms with van der Waals surface area (Å²) in [7, 11) is 0. The molecule has 0 saturated carbocycles. The molecule has 1 fully saturated rings. The Balaban J connectivity index is 1.93. The maximum Gasteiger partial charge on any atom is 0.287 e. The number of primary amides is 1. The molecule has 2 aliphatic heterocycles. The van der Waals surface area contributed by atoms with Gasteiger partial charge in [0.15, 0.2) is 0 Å². The van der Waals surface area contributed by atoms with Crippen LogP contribution in [0, 0.1) is 5.92 Å². The summed E-state index contributed by atoms with van der Waals surface area (Å²) >= 11 is 0. The predicted molar refractivity (Wildman–Crippen MR) is 147 cm³/mol. The van der Waals surface area contributed by atoms with Crippen LogP contribution in [0.2, 0.25) is 0 Å². The molecule has 11 nitrogen and oxygen atoms in total. The first-order valence-corrected chi connectivity index (χ1v) is 13.9. The van der Waals surface area contributed by atoms with Crippen LogP contribution in [0.1, 0.15) is 65.9 Å². The lowest BCUT2D eigenvalue weighted by atomic mass is 10.0. The number of carbonyl (C=O) groups excluding carboxylic acids is 5. The molecule has 11 heteroatoms. The van der Waals surface area contributed by atoms with Crippen LogP contribution < -0.4 is 21.1 Å². The Hall–Kier alpha value is -3.47. The lowest BCUT2D eigenvalue weighted by Gasteiger charge is -2.31. The van der Waals surface area contributed by atoms with Crippen LogP contribution >= 0.6 is 0 Å². The van der Waals surface area contributed by atoms with E-state index in [1.807, 2.05) is 52.8 Å². The van der Waals surface area contributed by atoms with Crippen molar-refractivity contribution < 1.29 is 33.4 Å². The molecule has 4 amide bonds. The molecular weight excluding hydrogens is 516 g/mol. The number of nitrogens with zero attached hydrogens (tertiary/aromatic N) is 1. The number of nitrogens with one attached hydrogen (secondary N) is 2. The largest absolute Gasteiger partial charge is 0.493 e. The van der Waals surface area contributed by atoms with Gasteiger partial charge in [0.2, 0.25) is 23.5 Å². The van der Waals surface area contributed by atoms with Crippen molar-refractivity contribution in [1.82, 2.24) is 15.5 Å². The normalized spacial score (nSPS) is 24.1. The highest BCUT2D eigenvalue weighted by atomic mass is 16.5. The maximum absolute atomic E-state index is 13.9. The monoisotopic (exact) mass is 558 g/mol. The van der Waals surface area contributed by atoms with E-state index in [4.69, 9.17) is 15.2 Å². The van der Waals surface area contributed by atoms with E-state index in [1.165, 1.54) is 4.90 Å². The lowest BCUT2D eigenvalue weighted by Crippen LogP contribution is -2.57. The molecule has 2 unspecified atom stereocenters. The van der Waals surface area contributed by atoms with Crippen LogP contribution in [0.4, 0.5) is 0 Å².